The molecule has 0 bridgehead atoms. The van der Waals surface area contributed by atoms with E-state index in [-0.39, 0.29) is 34.7 Å². The average Bonchev–Trinajstić information content (AvgIpc) is 3.23. The highest BCUT2D eigenvalue weighted by Crippen LogP contribution is 2.52. The summed E-state index contributed by atoms with van der Waals surface area (Å²) in [6.07, 6.45) is 31.3. The van der Waals surface area contributed by atoms with Gasteiger partial charge in [-0.15, -0.1) is 0 Å². The summed E-state index contributed by atoms with van der Waals surface area (Å²) >= 11 is 0. The summed E-state index contributed by atoms with van der Waals surface area (Å²) in [5.41, 5.74) is 6.92. The maximum atomic E-state index is 10.4. The van der Waals surface area contributed by atoms with Crippen LogP contribution < -0.4 is 0 Å². The molecule has 1 heterocycles. The maximum Gasteiger partial charge on any atom is 0.0982 e. The van der Waals surface area contributed by atoms with Gasteiger partial charge < -0.3 is 14.9 Å². The fraction of sp³-hybridized carbons (Fsp3) is 0.500. The van der Waals surface area contributed by atoms with E-state index in [4.69, 9.17) is 4.74 Å². The maximum absolute atomic E-state index is 10.4. The van der Waals surface area contributed by atoms with Crippen molar-refractivity contribution >= 4 is 0 Å². The Kier molecular flexibility index (Phi) is 11.6. The number of allylic oxidation sites excluding steroid dienone is 16. The molecule has 3 heteroatoms. The first-order chi connectivity index (χ1) is 20.0. The fourth-order valence-electron chi connectivity index (χ4n) is 7.04. The SMILES string of the molecule is CC1=C[C@H](O)CC(C)(C)[C@H]1/C=C/C(C)=C/C=C/C(C)=C\C=C/C=C(C)\C=C\C=C(/C)[C@@H]1C=C2C(C)(C)C[C@H](O)C[C@@]2(C)O1. The number of hydrogen-bond donors (Lipinski definition) is 2. The molecule has 234 valence electrons. The molecule has 1 aliphatic heterocycles. The first kappa shape index (κ1) is 34.8. The van der Waals surface area contributed by atoms with Crippen molar-refractivity contribution < 1.29 is 14.9 Å². The molecule has 1 fully saturated rings. The van der Waals surface area contributed by atoms with Gasteiger partial charge in [0.25, 0.3) is 0 Å². The van der Waals surface area contributed by atoms with E-state index in [9.17, 15) is 10.2 Å². The molecule has 3 nitrogen and oxygen atoms in total. The zero-order chi connectivity index (χ0) is 32.0. The average molecular weight is 585 g/mol. The molecule has 5 atom stereocenters. The zero-order valence-electron chi connectivity index (χ0n) is 28.3. The van der Waals surface area contributed by atoms with Crippen molar-refractivity contribution in [1.82, 2.24) is 0 Å². The minimum Gasteiger partial charge on any atom is -0.393 e. The second kappa shape index (κ2) is 14.4. The summed E-state index contributed by atoms with van der Waals surface area (Å²) in [6, 6.07) is 0. The highest BCUT2D eigenvalue weighted by molar-refractivity contribution is 5.37. The molecule has 1 saturated carbocycles. The second-order valence-electron chi connectivity index (χ2n) is 14.5. The Morgan fingerprint density at radius 2 is 1.30 bits per heavy atom. The Hall–Kier alpha value is -2.72. The predicted octanol–water partition coefficient (Wildman–Crippen LogP) is 9.61. The summed E-state index contributed by atoms with van der Waals surface area (Å²) < 4.78 is 6.46. The summed E-state index contributed by atoms with van der Waals surface area (Å²) in [4.78, 5) is 0. The molecule has 3 aliphatic rings. The summed E-state index contributed by atoms with van der Waals surface area (Å²) in [5.74, 6) is 0.344. The van der Waals surface area contributed by atoms with Crippen LogP contribution in [0.15, 0.2) is 119 Å². The van der Waals surface area contributed by atoms with Gasteiger partial charge in [-0.3, -0.25) is 0 Å². The van der Waals surface area contributed by atoms with Gasteiger partial charge in [0, 0.05) is 12.3 Å². The lowest BCUT2D eigenvalue weighted by molar-refractivity contribution is -0.0683. The first-order valence-electron chi connectivity index (χ1n) is 15.9. The number of fused-ring (bicyclic) bond motifs is 1. The van der Waals surface area contributed by atoms with Crippen LogP contribution in [0.4, 0.5) is 0 Å². The van der Waals surface area contributed by atoms with E-state index in [0.717, 1.165) is 12.8 Å². The topological polar surface area (TPSA) is 49.7 Å². The lowest BCUT2D eigenvalue weighted by atomic mass is 9.65. The summed E-state index contributed by atoms with van der Waals surface area (Å²) in [6.45, 7) is 21.6. The number of hydrogen-bond acceptors (Lipinski definition) is 3. The van der Waals surface area contributed by atoms with Gasteiger partial charge in [0.15, 0.2) is 0 Å². The van der Waals surface area contributed by atoms with Crippen LogP contribution in [0, 0.1) is 16.7 Å². The molecule has 0 spiro atoms. The molecule has 0 saturated heterocycles. The van der Waals surface area contributed by atoms with Crippen LogP contribution in [0.5, 0.6) is 0 Å². The number of ether oxygens (including phenoxy) is 1. The lowest BCUT2D eigenvalue weighted by Gasteiger charge is -2.44. The van der Waals surface area contributed by atoms with E-state index >= 15 is 0 Å². The normalized spacial score (nSPS) is 32.3. The van der Waals surface area contributed by atoms with E-state index in [1.54, 1.807) is 0 Å². The Balaban J connectivity index is 1.52. The van der Waals surface area contributed by atoms with Crippen molar-refractivity contribution in [3.63, 3.8) is 0 Å². The molecule has 0 radical (unpaired) electrons. The molecule has 0 amide bonds. The van der Waals surface area contributed by atoms with Crippen LogP contribution in [0.1, 0.15) is 88.5 Å². The molecule has 3 rings (SSSR count). The Morgan fingerprint density at radius 3 is 1.91 bits per heavy atom. The van der Waals surface area contributed by atoms with Gasteiger partial charge in [-0.1, -0.05) is 129 Å². The fourth-order valence-corrected chi connectivity index (χ4v) is 7.04. The summed E-state index contributed by atoms with van der Waals surface area (Å²) in [7, 11) is 0. The molecule has 0 aromatic carbocycles. The lowest BCUT2D eigenvalue weighted by Crippen LogP contribution is -2.45. The molecular weight excluding hydrogens is 528 g/mol. The van der Waals surface area contributed by atoms with Crippen LogP contribution in [0.25, 0.3) is 0 Å². The van der Waals surface area contributed by atoms with Gasteiger partial charge >= 0.3 is 0 Å². The van der Waals surface area contributed by atoms with Gasteiger partial charge in [0.2, 0.25) is 0 Å². The van der Waals surface area contributed by atoms with Crippen molar-refractivity contribution in [1.29, 1.82) is 0 Å². The largest absolute Gasteiger partial charge is 0.393 e. The van der Waals surface area contributed by atoms with Crippen LogP contribution in [-0.2, 0) is 4.74 Å². The third kappa shape index (κ3) is 9.63. The monoisotopic (exact) mass is 584 g/mol. The van der Waals surface area contributed by atoms with E-state index in [1.165, 1.54) is 33.4 Å². The van der Waals surface area contributed by atoms with Gasteiger partial charge in [-0.25, -0.2) is 0 Å². The van der Waals surface area contributed by atoms with Crippen molar-refractivity contribution in [3.05, 3.63) is 119 Å². The highest BCUT2D eigenvalue weighted by atomic mass is 16.5. The van der Waals surface area contributed by atoms with Gasteiger partial charge in [-0.05, 0) is 82.4 Å². The Morgan fingerprint density at radius 1 is 0.744 bits per heavy atom. The number of rotatable bonds is 9. The Bertz CT molecular complexity index is 1320. The third-order valence-electron chi connectivity index (χ3n) is 9.16. The number of aliphatic hydroxyl groups excluding tert-OH is 2. The standard InChI is InChI=1S/C40H56O3/c1-28(17-13-18-30(3)21-22-35-32(5)23-33(41)25-38(35,6)7)15-11-12-16-29(2)19-14-20-31(4)36-24-37-39(8,9)26-34(42)27-40(37,10)43-36/h11-24,33-36,41-42H,25-27H2,1-10H3/b12-11-,17-13+,19-14+,22-21+,28-15-,29-16-,30-18+,31-20+/t33-,34-,35-,36-,40+/m0/s1. The first-order valence-corrected chi connectivity index (χ1v) is 15.9. The smallest absolute Gasteiger partial charge is 0.0982 e. The second-order valence-corrected chi connectivity index (χ2v) is 14.5. The molecule has 0 aromatic rings. The predicted molar refractivity (Wildman–Crippen MR) is 184 cm³/mol. The van der Waals surface area contributed by atoms with E-state index in [2.05, 4.69) is 148 Å². The van der Waals surface area contributed by atoms with Crippen molar-refractivity contribution in [2.75, 3.05) is 0 Å². The van der Waals surface area contributed by atoms with Gasteiger partial charge in [0.05, 0.1) is 23.9 Å². The highest BCUT2D eigenvalue weighted by Gasteiger charge is 2.50. The molecule has 2 N–H and O–H groups in total. The molecular formula is C40H56O3. The van der Waals surface area contributed by atoms with Gasteiger partial charge in [-0.2, -0.15) is 0 Å². The van der Waals surface area contributed by atoms with Crippen LogP contribution in [0.2, 0.25) is 0 Å². The molecule has 43 heavy (non-hydrogen) atoms. The number of aliphatic hydroxyl groups is 2. The molecule has 0 unspecified atom stereocenters. The van der Waals surface area contributed by atoms with E-state index in [1.807, 2.05) is 6.08 Å². The van der Waals surface area contributed by atoms with Crippen molar-refractivity contribution in [2.24, 2.45) is 16.7 Å². The van der Waals surface area contributed by atoms with Crippen LogP contribution >= 0.6 is 0 Å². The van der Waals surface area contributed by atoms with Crippen molar-refractivity contribution in [3.8, 4) is 0 Å². The van der Waals surface area contributed by atoms with Crippen LogP contribution in [0.3, 0.4) is 0 Å². The quantitative estimate of drug-likeness (QED) is 0.210. The molecule has 0 aromatic heterocycles. The van der Waals surface area contributed by atoms with Crippen LogP contribution in [-0.4, -0.2) is 34.1 Å². The minimum absolute atomic E-state index is 0.0467. The third-order valence-corrected chi connectivity index (χ3v) is 9.16. The zero-order valence-corrected chi connectivity index (χ0v) is 28.3. The minimum atomic E-state index is -0.382. The molecule has 2 aliphatic carbocycles. The summed E-state index contributed by atoms with van der Waals surface area (Å²) in [5, 5.41) is 20.5. The van der Waals surface area contributed by atoms with E-state index in [0.29, 0.717) is 12.3 Å². The Labute approximate surface area is 262 Å². The van der Waals surface area contributed by atoms with Crippen molar-refractivity contribution in [2.45, 2.75) is 112 Å². The van der Waals surface area contributed by atoms with E-state index < -0.39 is 0 Å². The van der Waals surface area contributed by atoms with Gasteiger partial charge in [0.1, 0.15) is 0 Å².